The van der Waals surface area contributed by atoms with Crippen LogP contribution in [0.5, 0.6) is 0 Å². The second-order valence-corrected chi connectivity index (χ2v) is 7.22. The van der Waals surface area contributed by atoms with Gasteiger partial charge in [-0.15, -0.1) is 0 Å². The molecule has 0 aromatic heterocycles. The van der Waals surface area contributed by atoms with Crippen molar-refractivity contribution in [2.45, 2.75) is 25.7 Å². The number of rotatable bonds is 2. The summed E-state index contributed by atoms with van der Waals surface area (Å²) in [4.78, 5) is 25.8. The summed E-state index contributed by atoms with van der Waals surface area (Å²) >= 11 is 0. The van der Waals surface area contributed by atoms with E-state index < -0.39 is 0 Å². The molecule has 0 aliphatic carbocycles. The molecule has 2 amide bonds. The van der Waals surface area contributed by atoms with Crippen LogP contribution in [0.2, 0.25) is 0 Å². The summed E-state index contributed by atoms with van der Waals surface area (Å²) in [6.07, 6.45) is 2.76. The standard InChI is InChI=1S/C21H22N2O2/c24-19-14-21(15-20(25)22-19)10-12-23(13-11-21)18-8-6-17(7-9-18)16-4-2-1-3-5-16/h1-9H,10-15H2,(H,22,24,25). The lowest BCUT2D eigenvalue weighted by molar-refractivity contribution is -0.138. The molecule has 0 radical (unpaired) electrons. The van der Waals surface area contributed by atoms with Crippen LogP contribution >= 0.6 is 0 Å². The largest absolute Gasteiger partial charge is 0.371 e. The third-order valence-corrected chi connectivity index (χ3v) is 5.51. The van der Waals surface area contributed by atoms with Crippen LogP contribution < -0.4 is 10.2 Å². The van der Waals surface area contributed by atoms with Gasteiger partial charge in [-0.05, 0) is 41.5 Å². The summed E-state index contributed by atoms with van der Waals surface area (Å²) in [6.45, 7) is 1.79. The number of nitrogens with one attached hydrogen (secondary N) is 1. The van der Waals surface area contributed by atoms with Crippen molar-refractivity contribution in [2.75, 3.05) is 18.0 Å². The minimum Gasteiger partial charge on any atom is -0.371 e. The Balaban J connectivity index is 1.44. The molecule has 0 saturated carbocycles. The Morgan fingerprint density at radius 3 is 1.92 bits per heavy atom. The quantitative estimate of drug-likeness (QED) is 0.857. The Kier molecular flexibility index (Phi) is 4.04. The van der Waals surface area contributed by atoms with E-state index in [1.165, 1.54) is 16.8 Å². The van der Waals surface area contributed by atoms with Crippen LogP contribution in [-0.4, -0.2) is 24.9 Å². The third-order valence-electron chi connectivity index (χ3n) is 5.51. The van der Waals surface area contributed by atoms with Gasteiger partial charge in [-0.3, -0.25) is 14.9 Å². The number of piperidine rings is 2. The molecular formula is C21H22N2O2. The molecular weight excluding hydrogens is 312 g/mol. The number of amides is 2. The highest BCUT2D eigenvalue weighted by Gasteiger charge is 2.41. The van der Waals surface area contributed by atoms with Gasteiger partial charge in [-0.1, -0.05) is 42.5 Å². The SMILES string of the molecule is O=C1CC2(CCN(c3ccc(-c4ccccc4)cc3)CC2)CC(=O)N1. The van der Waals surface area contributed by atoms with Gasteiger partial charge >= 0.3 is 0 Å². The number of anilines is 1. The fourth-order valence-corrected chi connectivity index (χ4v) is 4.08. The smallest absolute Gasteiger partial charge is 0.227 e. The van der Waals surface area contributed by atoms with E-state index in [0.717, 1.165) is 25.9 Å². The molecule has 0 bridgehead atoms. The van der Waals surface area contributed by atoms with Gasteiger partial charge in [0.1, 0.15) is 0 Å². The number of nitrogens with zero attached hydrogens (tertiary/aromatic N) is 1. The van der Waals surface area contributed by atoms with Crippen LogP contribution in [0.4, 0.5) is 5.69 Å². The summed E-state index contributed by atoms with van der Waals surface area (Å²) in [7, 11) is 0. The average Bonchev–Trinajstić information content (AvgIpc) is 2.62. The van der Waals surface area contributed by atoms with E-state index in [0.29, 0.717) is 12.8 Å². The van der Waals surface area contributed by atoms with Crippen LogP contribution in [0.1, 0.15) is 25.7 Å². The maximum Gasteiger partial charge on any atom is 0.227 e. The third kappa shape index (κ3) is 3.29. The summed E-state index contributed by atoms with van der Waals surface area (Å²) in [5, 5.41) is 2.42. The van der Waals surface area contributed by atoms with Gasteiger partial charge in [0.25, 0.3) is 0 Å². The predicted octanol–water partition coefficient (Wildman–Crippen LogP) is 3.38. The van der Waals surface area contributed by atoms with Gasteiger partial charge in [-0.2, -0.15) is 0 Å². The summed E-state index contributed by atoms with van der Waals surface area (Å²) in [5.41, 5.74) is 3.52. The molecule has 2 aliphatic heterocycles. The van der Waals surface area contributed by atoms with Crippen LogP contribution in [0.15, 0.2) is 54.6 Å². The fraction of sp³-hybridized carbons (Fsp3) is 0.333. The van der Waals surface area contributed by atoms with Crippen LogP contribution in [0.25, 0.3) is 11.1 Å². The molecule has 1 spiro atoms. The zero-order valence-corrected chi connectivity index (χ0v) is 14.2. The molecule has 4 nitrogen and oxygen atoms in total. The van der Waals surface area contributed by atoms with Crippen molar-refractivity contribution in [3.8, 4) is 11.1 Å². The molecule has 128 valence electrons. The zero-order valence-electron chi connectivity index (χ0n) is 14.2. The molecule has 2 heterocycles. The van der Waals surface area contributed by atoms with Gasteiger partial charge < -0.3 is 4.90 Å². The second kappa shape index (κ2) is 6.36. The van der Waals surface area contributed by atoms with Crippen molar-refractivity contribution < 1.29 is 9.59 Å². The molecule has 2 aliphatic rings. The first-order valence-electron chi connectivity index (χ1n) is 8.87. The minimum atomic E-state index is -0.125. The molecule has 0 unspecified atom stereocenters. The molecule has 2 saturated heterocycles. The normalized spacial score (nSPS) is 19.8. The van der Waals surface area contributed by atoms with Crippen molar-refractivity contribution in [3.63, 3.8) is 0 Å². The first kappa shape index (κ1) is 15.9. The predicted molar refractivity (Wildman–Crippen MR) is 98.1 cm³/mol. The number of imide groups is 1. The lowest BCUT2D eigenvalue weighted by atomic mass is 9.71. The number of hydrogen-bond acceptors (Lipinski definition) is 3. The van der Waals surface area contributed by atoms with Gasteiger partial charge in [0.15, 0.2) is 0 Å². The first-order valence-corrected chi connectivity index (χ1v) is 8.87. The van der Waals surface area contributed by atoms with E-state index in [1.807, 2.05) is 6.07 Å². The maximum absolute atomic E-state index is 11.7. The van der Waals surface area contributed by atoms with Gasteiger partial charge in [-0.25, -0.2) is 0 Å². The zero-order chi connectivity index (χ0) is 17.3. The number of carbonyl (C=O) groups excluding carboxylic acids is 2. The topological polar surface area (TPSA) is 49.4 Å². The van der Waals surface area contributed by atoms with E-state index in [2.05, 4.69) is 58.7 Å². The highest BCUT2D eigenvalue weighted by molar-refractivity contribution is 5.98. The van der Waals surface area contributed by atoms with E-state index in [4.69, 9.17) is 0 Å². The Bertz CT molecular complexity index is 757. The van der Waals surface area contributed by atoms with Crippen LogP contribution in [-0.2, 0) is 9.59 Å². The van der Waals surface area contributed by atoms with Gasteiger partial charge in [0.2, 0.25) is 11.8 Å². The highest BCUT2D eigenvalue weighted by Crippen LogP contribution is 2.41. The lowest BCUT2D eigenvalue weighted by Gasteiger charge is -2.43. The van der Waals surface area contributed by atoms with E-state index in [1.54, 1.807) is 0 Å². The van der Waals surface area contributed by atoms with E-state index >= 15 is 0 Å². The maximum atomic E-state index is 11.7. The van der Waals surface area contributed by atoms with Crippen LogP contribution in [0, 0.1) is 5.41 Å². The van der Waals surface area contributed by atoms with Crippen molar-refractivity contribution in [2.24, 2.45) is 5.41 Å². The Morgan fingerprint density at radius 2 is 1.32 bits per heavy atom. The van der Waals surface area contributed by atoms with Gasteiger partial charge in [0, 0.05) is 31.6 Å². The summed E-state index contributed by atoms with van der Waals surface area (Å²) in [5.74, 6) is -0.228. The van der Waals surface area contributed by atoms with Crippen molar-refractivity contribution >= 4 is 17.5 Å². The second-order valence-electron chi connectivity index (χ2n) is 7.22. The number of carbonyl (C=O) groups is 2. The number of hydrogen-bond donors (Lipinski definition) is 1. The molecule has 4 heteroatoms. The first-order chi connectivity index (χ1) is 12.1. The molecule has 2 fully saturated rings. The monoisotopic (exact) mass is 334 g/mol. The molecule has 2 aromatic rings. The molecule has 25 heavy (non-hydrogen) atoms. The van der Waals surface area contributed by atoms with Crippen LogP contribution in [0.3, 0.4) is 0 Å². The average molecular weight is 334 g/mol. The van der Waals surface area contributed by atoms with Crippen molar-refractivity contribution in [1.82, 2.24) is 5.32 Å². The summed E-state index contributed by atoms with van der Waals surface area (Å²) in [6, 6.07) is 19.0. The van der Waals surface area contributed by atoms with Crippen molar-refractivity contribution in [3.05, 3.63) is 54.6 Å². The van der Waals surface area contributed by atoms with E-state index in [-0.39, 0.29) is 17.2 Å². The molecule has 2 aromatic carbocycles. The highest BCUT2D eigenvalue weighted by atomic mass is 16.2. The molecule has 4 rings (SSSR count). The molecule has 1 N–H and O–H groups in total. The minimum absolute atomic E-state index is 0.114. The summed E-state index contributed by atoms with van der Waals surface area (Å²) < 4.78 is 0. The Hall–Kier alpha value is -2.62. The molecule has 0 atom stereocenters. The fourth-order valence-electron chi connectivity index (χ4n) is 4.08. The number of benzene rings is 2. The van der Waals surface area contributed by atoms with E-state index in [9.17, 15) is 9.59 Å². The lowest BCUT2D eigenvalue weighted by Crippen LogP contribution is -2.50. The Labute approximate surface area is 147 Å². The Morgan fingerprint density at radius 1 is 0.760 bits per heavy atom. The van der Waals surface area contributed by atoms with Gasteiger partial charge in [0.05, 0.1) is 0 Å². The van der Waals surface area contributed by atoms with Crippen molar-refractivity contribution in [1.29, 1.82) is 0 Å².